The minimum absolute atomic E-state index is 0.132. The van der Waals surface area contributed by atoms with Gasteiger partial charge in [0.25, 0.3) is 0 Å². The Balaban J connectivity index is 1.88. The van der Waals surface area contributed by atoms with E-state index in [4.69, 9.17) is 0 Å². The van der Waals surface area contributed by atoms with E-state index in [2.05, 4.69) is 38.4 Å². The number of hydrogen-bond donors (Lipinski definition) is 1. The van der Waals surface area contributed by atoms with E-state index >= 15 is 0 Å². The average Bonchev–Trinajstić information content (AvgIpc) is 3.31. The molecule has 2 unspecified atom stereocenters. The van der Waals surface area contributed by atoms with Crippen LogP contribution in [0, 0.1) is 5.92 Å². The molecule has 3 heterocycles. The Morgan fingerprint density at radius 3 is 2.64 bits per heavy atom. The molecular weight excluding hydrogens is 376 g/mol. The monoisotopic (exact) mass is 406 g/mol. The lowest BCUT2D eigenvalue weighted by Crippen LogP contribution is -2.32. The molecule has 0 radical (unpaired) electrons. The number of aromatic amines is 1. The third-order valence-corrected chi connectivity index (χ3v) is 7.75. The number of sulfonamides is 1. The standard InChI is InChI=1S/C19H30N6O2S/c1-5-14(4)15(9-8-12-28(26,27)24(6-2)7-3)19-23-22-17-13-21-18-16(25(17)19)10-11-20-18/h10-11,13-15,20H,5-9,12H2,1-4H3. The quantitative estimate of drug-likeness (QED) is 0.558. The number of H-pyrrole nitrogens is 1. The molecule has 28 heavy (non-hydrogen) atoms. The summed E-state index contributed by atoms with van der Waals surface area (Å²) in [5.41, 5.74) is 2.45. The van der Waals surface area contributed by atoms with Gasteiger partial charge in [-0.3, -0.25) is 4.40 Å². The molecule has 0 fully saturated rings. The third kappa shape index (κ3) is 3.91. The molecule has 3 rings (SSSR count). The number of fused-ring (bicyclic) bond motifs is 3. The van der Waals surface area contributed by atoms with Gasteiger partial charge in [0, 0.05) is 25.2 Å². The van der Waals surface area contributed by atoms with Gasteiger partial charge in [0.15, 0.2) is 11.3 Å². The first-order valence-corrected chi connectivity index (χ1v) is 11.7. The zero-order chi connectivity index (χ0) is 20.3. The van der Waals surface area contributed by atoms with E-state index in [1.807, 2.05) is 26.1 Å². The number of nitrogens with zero attached hydrogens (tertiary/aromatic N) is 5. The van der Waals surface area contributed by atoms with E-state index in [1.165, 1.54) is 4.31 Å². The van der Waals surface area contributed by atoms with E-state index in [-0.39, 0.29) is 11.7 Å². The molecular formula is C19H30N6O2S. The maximum Gasteiger partial charge on any atom is 0.214 e. The summed E-state index contributed by atoms with van der Waals surface area (Å²) in [6.07, 6.45) is 5.92. The smallest absolute Gasteiger partial charge is 0.214 e. The fourth-order valence-corrected chi connectivity index (χ4v) is 5.40. The van der Waals surface area contributed by atoms with Crippen LogP contribution in [0.15, 0.2) is 18.5 Å². The lowest BCUT2D eigenvalue weighted by molar-refractivity contribution is 0.397. The minimum atomic E-state index is -3.21. The van der Waals surface area contributed by atoms with Crippen molar-refractivity contribution in [3.05, 3.63) is 24.3 Å². The summed E-state index contributed by atoms with van der Waals surface area (Å²) in [6, 6.07) is 1.97. The van der Waals surface area contributed by atoms with Gasteiger partial charge >= 0.3 is 0 Å². The van der Waals surface area contributed by atoms with Crippen LogP contribution in [-0.4, -0.2) is 56.1 Å². The van der Waals surface area contributed by atoms with Crippen molar-refractivity contribution in [2.75, 3.05) is 18.8 Å². The van der Waals surface area contributed by atoms with Gasteiger partial charge in [0.1, 0.15) is 5.82 Å². The zero-order valence-corrected chi connectivity index (χ0v) is 17.9. The molecule has 1 N–H and O–H groups in total. The molecule has 2 atom stereocenters. The number of hydrogen-bond acceptors (Lipinski definition) is 5. The van der Waals surface area contributed by atoms with Crippen molar-refractivity contribution in [3.8, 4) is 0 Å². The van der Waals surface area contributed by atoms with Gasteiger partial charge in [0.05, 0.1) is 17.5 Å². The molecule has 8 nitrogen and oxygen atoms in total. The summed E-state index contributed by atoms with van der Waals surface area (Å²) in [5.74, 6) is 1.55. The van der Waals surface area contributed by atoms with E-state index in [0.29, 0.717) is 31.1 Å². The van der Waals surface area contributed by atoms with Crippen molar-refractivity contribution < 1.29 is 8.42 Å². The van der Waals surface area contributed by atoms with Gasteiger partial charge in [-0.05, 0) is 24.8 Å². The molecule has 0 spiro atoms. The molecule has 154 valence electrons. The van der Waals surface area contributed by atoms with Crippen LogP contribution in [0.5, 0.6) is 0 Å². The van der Waals surface area contributed by atoms with E-state index in [1.54, 1.807) is 6.20 Å². The number of rotatable bonds is 10. The van der Waals surface area contributed by atoms with Crippen molar-refractivity contribution in [1.82, 2.24) is 28.9 Å². The summed E-state index contributed by atoms with van der Waals surface area (Å²) in [5, 5.41) is 8.78. The molecule has 0 amide bonds. The van der Waals surface area contributed by atoms with Crippen molar-refractivity contribution >= 4 is 26.8 Å². The predicted molar refractivity (Wildman–Crippen MR) is 111 cm³/mol. The van der Waals surface area contributed by atoms with Crippen molar-refractivity contribution in [1.29, 1.82) is 0 Å². The Bertz CT molecular complexity index is 1020. The van der Waals surface area contributed by atoms with Gasteiger partial charge in [-0.15, -0.1) is 10.2 Å². The topological polar surface area (TPSA) is 96.2 Å². The number of aromatic nitrogens is 5. The maximum atomic E-state index is 12.5. The summed E-state index contributed by atoms with van der Waals surface area (Å²) >= 11 is 0. The molecule has 0 aliphatic heterocycles. The van der Waals surface area contributed by atoms with Crippen molar-refractivity contribution in [2.24, 2.45) is 5.92 Å². The van der Waals surface area contributed by atoms with E-state index in [0.717, 1.165) is 29.8 Å². The Morgan fingerprint density at radius 1 is 1.21 bits per heavy atom. The van der Waals surface area contributed by atoms with Gasteiger partial charge in [-0.2, -0.15) is 0 Å². The van der Waals surface area contributed by atoms with Crippen LogP contribution in [0.4, 0.5) is 0 Å². The summed E-state index contributed by atoms with van der Waals surface area (Å²) in [6.45, 7) is 9.13. The van der Waals surface area contributed by atoms with Crippen LogP contribution in [0.1, 0.15) is 58.7 Å². The van der Waals surface area contributed by atoms with Crippen LogP contribution >= 0.6 is 0 Å². The largest absolute Gasteiger partial charge is 0.345 e. The Kier molecular flexibility index (Phi) is 6.34. The van der Waals surface area contributed by atoms with Crippen LogP contribution in [0.2, 0.25) is 0 Å². The van der Waals surface area contributed by atoms with E-state index < -0.39 is 10.0 Å². The highest BCUT2D eigenvalue weighted by Gasteiger charge is 2.26. The Hall–Kier alpha value is -2.00. The second kappa shape index (κ2) is 8.57. The van der Waals surface area contributed by atoms with Crippen molar-refractivity contribution in [3.63, 3.8) is 0 Å². The van der Waals surface area contributed by atoms with Crippen LogP contribution in [0.3, 0.4) is 0 Å². The normalized spacial score (nSPS) is 14.9. The lowest BCUT2D eigenvalue weighted by Gasteiger charge is -2.23. The number of nitrogens with one attached hydrogen (secondary N) is 1. The van der Waals surface area contributed by atoms with Gasteiger partial charge in [-0.25, -0.2) is 17.7 Å². The molecule has 0 saturated carbocycles. The lowest BCUT2D eigenvalue weighted by atomic mass is 9.87. The summed E-state index contributed by atoms with van der Waals surface area (Å²) in [7, 11) is -3.21. The van der Waals surface area contributed by atoms with Crippen LogP contribution in [-0.2, 0) is 10.0 Å². The molecule has 0 bridgehead atoms. The Morgan fingerprint density at radius 2 is 1.96 bits per heavy atom. The van der Waals surface area contributed by atoms with Crippen LogP contribution < -0.4 is 0 Å². The summed E-state index contributed by atoms with van der Waals surface area (Å²) in [4.78, 5) is 7.50. The SMILES string of the molecule is CCC(C)C(CCCS(=O)(=O)N(CC)CC)c1nnc2cnc3[nH]ccc3n12. The van der Waals surface area contributed by atoms with Crippen LogP contribution in [0.25, 0.3) is 16.8 Å². The molecule has 0 aromatic carbocycles. The van der Waals surface area contributed by atoms with Gasteiger partial charge in [-0.1, -0.05) is 34.1 Å². The Labute approximate surface area is 166 Å². The fourth-order valence-electron chi connectivity index (χ4n) is 3.82. The first-order valence-electron chi connectivity index (χ1n) is 10.1. The summed E-state index contributed by atoms with van der Waals surface area (Å²) < 4.78 is 28.7. The minimum Gasteiger partial charge on any atom is -0.345 e. The highest BCUT2D eigenvalue weighted by atomic mass is 32.2. The highest BCUT2D eigenvalue weighted by Crippen LogP contribution is 2.32. The molecule has 9 heteroatoms. The average molecular weight is 407 g/mol. The van der Waals surface area contributed by atoms with Gasteiger partial charge < -0.3 is 4.98 Å². The molecule has 3 aromatic rings. The third-order valence-electron chi connectivity index (χ3n) is 5.65. The molecule has 0 aliphatic carbocycles. The second-order valence-electron chi connectivity index (χ2n) is 7.26. The molecule has 0 aliphatic rings. The molecule has 3 aromatic heterocycles. The molecule has 0 saturated heterocycles. The first-order chi connectivity index (χ1) is 13.4. The first kappa shape index (κ1) is 20.7. The van der Waals surface area contributed by atoms with Crippen molar-refractivity contribution in [2.45, 2.75) is 52.9 Å². The van der Waals surface area contributed by atoms with E-state index in [9.17, 15) is 8.42 Å². The highest BCUT2D eigenvalue weighted by molar-refractivity contribution is 7.89. The fraction of sp³-hybridized carbons (Fsp3) is 0.632. The second-order valence-corrected chi connectivity index (χ2v) is 9.34. The predicted octanol–water partition coefficient (Wildman–Crippen LogP) is 3.19. The van der Waals surface area contributed by atoms with Gasteiger partial charge in [0.2, 0.25) is 10.0 Å². The zero-order valence-electron chi connectivity index (χ0n) is 17.1. The maximum absolute atomic E-state index is 12.5.